The van der Waals surface area contributed by atoms with E-state index >= 15 is 0 Å². The molecule has 2 atom stereocenters. The summed E-state index contributed by atoms with van der Waals surface area (Å²) in [7, 11) is 0. The molecule has 0 aliphatic rings. The van der Waals surface area contributed by atoms with Gasteiger partial charge in [-0.05, 0) is 5.92 Å². The van der Waals surface area contributed by atoms with E-state index in [1.807, 2.05) is 13.8 Å². The van der Waals surface area contributed by atoms with Crippen LogP contribution in [0.5, 0.6) is 0 Å². The number of hydrogen-bond donors (Lipinski definition) is 2. The number of halogens is 1. The lowest BCUT2D eigenvalue weighted by molar-refractivity contribution is -0.139. The van der Waals surface area contributed by atoms with Crippen molar-refractivity contribution in [2.24, 2.45) is 11.7 Å². The van der Waals surface area contributed by atoms with Crippen molar-refractivity contribution in [3.8, 4) is 0 Å². The highest BCUT2D eigenvalue weighted by molar-refractivity contribution is 5.85. The summed E-state index contributed by atoms with van der Waals surface area (Å²) in [6.45, 7) is 3.76. The molecule has 0 saturated carbocycles. The number of aliphatic carboxylic acids is 1. The largest absolute Gasteiger partial charge is 0.480 e. The topological polar surface area (TPSA) is 94.8 Å². The first-order chi connectivity index (χ1) is 4.09. The first-order valence-electron chi connectivity index (χ1n) is 3.08. The van der Waals surface area contributed by atoms with Crippen molar-refractivity contribution in [2.75, 3.05) is 0 Å². The van der Waals surface area contributed by atoms with Crippen LogP contribution in [-0.2, 0) is 4.79 Å². The molecule has 70 valence electrons. The van der Waals surface area contributed by atoms with Gasteiger partial charge in [0.25, 0.3) is 0 Å². The highest BCUT2D eigenvalue weighted by atomic mass is 35.5. The summed E-state index contributed by atoms with van der Waals surface area (Å²) in [6.07, 6.45) is 0.813. The van der Waals surface area contributed by atoms with E-state index in [4.69, 9.17) is 10.8 Å². The predicted octanol–water partition coefficient (Wildman–Crippen LogP) is 0.0415. The minimum absolute atomic E-state index is 0. The number of carboxylic acids is 1. The van der Waals surface area contributed by atoms with Crippen LogP contribution in [0.15, 0.2) is 0 Å². The van der Waals surface area contributed by atoms with Crippen LogP contribution in [-0.4, -0.2) is 22.6 Å². The SMILES string of the molecule is CC[C@H](C)[C@@H](N)C(=O)O.Cl.O. The Morgan fingerprint density at radius 1 is 1.64 bits per heavy atom. The molecule has 0 aromatic carbocycles. The molecular weight excluding hydrogens is 170 g/mol. The molecular formula is C6H16ClNO3. The summed E-state index contributed by atoms with van der Waals surface area (Å²) in [4.78, 5) is 10.2. The second-order valence-corrected chi connectivity index (χ2v) is 2.25. The molecule has 0 aromatic heterocycles. The Morgan fingerprint density at radius 3 is 2.09 bits per heavy atom. The van der Waals surface area contributed by atoms with Crippen molar-refractivity contribution in [1.29, 1.82) is 0 Å². The van der Waals surface area contributed by atoms with Crippen LogP contribution in [0.2, 0.25) is 0 Å². The Kier molecular flexibility index (Phi) is 12.0. The lowest BCUT2D eigenvalue weighted by Crippen LogP contribution is -2.36. The van der Waals surface area contributed by atoms with E-state index in [2.05, 4.69) is 0 Å². The molecule has 0 heterocycles. The summed E-state index contributed by atoms with van der Waals surface area (Å²) in [5.74, 6) is -0.841. The second kappa shape index (κ2) is 7.78. The highest BCUT2D eigenvalue weighted by Crippen LogP contribution is 2.04. The van der Waals surface area contributed by atoms with Crippen LogP contribution in [0.25, 0.3) is 0 Å². The molecule has 0 radical (unpaired) electrons. The first kappa shape index (κ1) is 17.0. The maximum atomic E-state index is 10.2. The van der Waals surface area contributed by atoms with E-state index in [1.54, 1.807) is 0 Å². The summed E-state index contributed by atoms with van der Waals surface area (Å²) in [6, 6.07) is -0.699. The number of rotatable bonds is 3. The Balaban J connectivity index is -0.000000320. The van der Waals surface area contributed by atoms with Crippen molar-refractivity contribution < 1.29 is 15.4 Å². The molecule has 4 nitrogen and oxygen atoms in total. The normalized spacial score (nSPS) is 13.7. The van der Waals surface area contributed by atoms with Gasteiger partial charge in [0, 0.05) is 0 Å². The second-order valence-electron chi connectivity index (χ2n) is 2.25. The zero-order valence-corrected chi connectivity index (χ0v) is 7.52. The Labute approximate surface area is 72.5 Å². The van der Waals surface area contributed by atoms with Crippen LogP contribution in [0, 0.1) is 5.92 Å². The molecule has 0 aliphatic carbocycles. The quantitative estimate of drug-likeness (QED) is 0.650. The number of carbonyl (C=O) groups is 1. The first-order valence-corrected chi connectivity index (χ1v) is 3.08. The van der Waals surface area contributed by atoms with Crippen molar-refractivity contribution in [2.45, 2.75) is 26.3 Å². The minimum atomic E-state index is -0.913. The Hall–Kier alpha value is -0.320. The summed E-state index contributed by atoms with van der Waals surface area (Å²) >= 11 is 0. The third-order valence-electron chi connectivity index (χ3n) is 1.54. The number of hydrogen-bond acceptors (Lipinski definition) is 2. The van der Waals surface area contributed by atoms with Crippen LogP contribution in [0.3, 0.4) is 0 Å². The van der Waals surface area contributed by atoms with Gasteiger partial charge in [-0.1, -0.05) is 20.3 Å². The lowest BCUT2D eigenvalue weighted by Gasteiger charge is -2.11. The third-order valence-corrected chi connectivity index (χ3v) is 1.54. The molecule has 0 unspecified atom stereocenters. The monoisotopic (exact) mass is 185 g/mol. The maximum Gasteiger partial charge on any atom is 0.320 e. The molecule has 5 N–H and O–H groups in total. The molecule has 11 heavy (non-hydrogen) atoms. The van der Waals surface area contributed by atoms with E-state index in [9.17, 15) is 4.79 Å². The molecule has 0 spiro atoms. The van der Waals surface area contributed by atoms with Gasteiger partial charge in [0.1, 0.15) is 6.04 Å². The van der Waals surface area contributed by atoms with Crippen molar-refractivity contribution in [3.05, 3.63) is 0 Å². The van der Waals surface area contributed by atoms with Crippen LogP contribution >= 0.6 is 12.4 Å². The minimum Gasteiger partial charge on any atom is -0.480 e. The molecule has 0 saturated heterocycles. The molecule has 5 heteroatoms. The van der Waals surface area contributed by atoms with Crippen molar-refractivity contribution in [1.82, 2.24) is 0 Å². The van der Waals surface area contributed by atoms with Gasteiger partial charge >= 0.3 is 5.97 Å². The molecule has 0 amide bonds. The summed E-state index contributed by atoms with van der Waals surface area (Å²) in [5, 5.41) is 8.36. The lowest BCUT2D eigenvalue weighted by atomic mass is 10.0. The Bertz CT molecular complexity index is 110. The summed E-state index contributed by atoms with van der Waals surface area (Å²) < 4.78 is 0. The van der Waals surface area contributed by atoms with Gasteiger partial charge in [0.15, 0.2) is 0 Å². The summed E-state index contributed by atoms with van der Waals surface area (Å²) in [5.41, 5.74) is 5.27. The standard InChI is InChI=1S/C6H13NO2.ClH.H2O/c1-3-4(2)5(7)6(8)9;;/h4-5H,3,7H2,1-2H3,(H,8,9);1H;1H2/t4-,5+;;/m0../s1. The predicted molar refractivity (Wildman–Crippen MR) is 45.9 cm³/mol. The molecule has 0 aliphatic heterocycles. The van der Waals surface area contributed by atoms with Crippen LogP contribution in [0.1, 0.15) is 20.3 Å². The van der Waals surface area contributed by atoms with Crippen molar-refractivity contribution >= 4 is 18.4 Å². The highest BCUT2D eigenvalue weighted by Gasteiger charge is 2.17. The molecule has 0 aromatic rings. The van der Waals surface area contributed by atoms with Gasteiger partial charge in [0.05, 0.1) is 0 Å². The average molecular weight is 186 g/mol. The third kappa shape index (κ3) is 6.09. The van der Waals surface area contributed by atoms with Gasteiger partial charge in [-0.15, -0.1) is 12.4 Å². The van der Waals surface area contributed by atoms with Gasteiger partial charge in [-0.25, -0.2) is 0 Å². The van der Waals surface area contributed by atoms with Gasteiger partial charge < -0.3 is 16.3 Å². The molecule has 0 bridgehead atoms. The zero-order valence-electron chi connectivity index (χ0n) is 6.70. The molecule has 0 fully saturated rings. The zero-order chi connectivity index (χ0) is 7.44. The fourth-order valence-electron chi connectivity index (χ4n) is 0.497. The van der Waals surface area contributed by atoms with Crippen LogP contribution < -0.4 is 5.73 Å². The van der Waals surface area contributed by atoms with Crippen molar-refractivity contribution in [3.63, 3.8) is 0 Å². The van der Waals surface area contributed by atoms with E-state index in [0.29, 0.717) is 0 Å². The Morgan fingerprint density at radius 2 is 2.00 bits per heavy atom. The van der Waals surface area contributed by atoms with E-state index in [0.717, 1.165) is 6.42 Å². The van der Waals surface area contributed by atoms with Gasteiger partial charge in [0.2, 0.25) is 0 Å². The smallest absolute Gasteiger partial charge is 0.320 e. The maximum absolute atomic E-state index is 10.2. The fourth-order valence-corrected chi connectivity index (χ4v) is 0.497. The van der Waals surface area contributed by atoms with E-state index < -0.39 is 12.0 Å². The molecule has 0 rings (SSSR count). The number of carboxylic acid groups (broad SMARTS) is 1. The van der Waals surface area contributed by atoms with Crippen LogP contribution in [0.4, 0.5) is 0 Å². The van der Waals surface area contributed by atoms with Gasteiger partial charge in [-0.2, -0.15) is 0 Å². The van der Waals surface area contributed by atoms with E-state index in [1.165, 1.54) is 0 Å². The average Bonchev–Trinajstić information content (AvgIpc) is 1.84. The van der Waals surface area contributed by atoms with Gasteiger partial charge in [-0.3, -0.25) is 4.79 Å². The van der Waals surface area contributed by atoms with E-state index in [-0.39, 0.29) is 23.8 Å². The number of nitrogens with two attached hydrogens (primary N) is 1. The fraction of sp³-hybridized carbons (Fsp3) is 0.833.